The molecule has 4 aromatic rings. The van der Waals surface area contributed by atoms with Crippen LogP contribution in [0.3, 0.4) is 0 Å². The molecule has 0 aliphatic heterocycles. The zero-order valence-electron chi connectivity index (χ0n) is 18.1. The van der Waals surface area contributed by atoms with E-state index >= 15 is 0 Å². The minimum Gasteiger partial charge on any atom is -0.364 e. The quantitative estimate of drug-likeness (QED) is 0.482. The van der Waals surface area contributed by atoms with Crippen LogP contribution >= 0.6 is 0 Å². The van der Waals surface area contributed by atoms with E-state index in [1.54, 1.807) is 37.5 Å². The minimum absolute atomic E-state index is 0.0761. The molecule has 7 nitrogen and oxygen atoms in total. The highest BCUT2D eigenvalue weighted by molar-refractivity contribution is 6.05. The number of halogens is 2. The van der Waals surface area contributed by atoms with Gasteiger partial charge in [0.15, 0.2) is 17.3 Å². The summed E-state index contributed by atoms with van der Waals surface area (Å²) in [5.41, 5.74) is 10.5. The molecule has 1 aliphatic carbocycles. The molecule has 34 heavy (non-hydrogen) atoms. The fourth-order valence-corrected chi connectivity index (χ4v) is 4.24. The van der Waals surface area contributed by atoms with Crippen LogP contribution in [0.1, 0.15) is 37.5 Å². The molecule has 3 N–H and O–H groups in total. The lowest BCUT2D eigenvalue weighted by atomic mass is 9.88. The molecule has 2 heterocycles. The van der Waals surface area contributed by atoms with Crippen LogP contribution in [0.4, 0.5) is 14.5 Å². The number of nitrogens with two attached hydrogens (primary N) is 1. The molecule has 0 unspecified atom stereocenters. The first kappa shape index (κ1) is 21.4. The largest absolute Gasteiger partial charge is 0.364 e. The van der Waals surface area contributed by atoms with Crippen LogP contribution in [0.25, 0.3) is 16.9 Å². The van der Waals surface area contributed by atoms with Gasteiger partial charge in [-0.1, -0.05) is 6.07 Å². The SMILES string of the molecule is Cc1cnccc1C(=O)Nc1ccc2c(c1)-c1c(c(C(N)=O)nn1-c1ccc(F)c(F)c1)CC2. The summed E-state index contributed by atoms with van der Waals surface area (Å²) in [4.78, 5) is 28.9. The van der Waals surface area contributed by atoms with Crippen molar-refractivity contribution in [1.29, 1.82) is 0 Å². The second-order valence-electron chi connectivity index (χ2n) is 8.07. The van der Waals surface area contributed by atoms with E-state index in [1.165, 1.54) is 10.7 Å². The first-order chi connectivity index (χ1) is 16.3. The Kier molecular flexibility index (Phi) is 5.16. The van der Waals surface area contributed by atoms with Crippen molar-refractivity contribution in [2.75, 3.05) is 5.32 Å². The average molecular weight is 459 g/mol. The maximum absolute atomic E-state index is 14.0. The first-order valence-corrected chi connectivity index (χ1v) is 10.6. The number of carbonyl (C=O) groups excluding carboxylic acids is 2. The number of carbonyl (C=O) groups is 2. The molecule has 0 radical (unpaired) electrons. The number of nitrogens with one attached hydrogen (secondary N) is 1. The molecule has 2 aromatic heterocycles. The number of rotatable bonds is 4. The second-order valence-corrected chi connectivity index (χ2v) is 8.07. The first-order valence-electron chi connectivity index (χ1n) is 10.6. The van der Waals surface area contributed by atoms with Crippen molar-refractivity contribution in [1.82, 2.24) is 14.8 Å². The van der Waals surface area contributed by atoms with Gasteiger partial charge in [-0.3, -0.25) is 14.6 Å². The minimum atomic E-state index is -1.04. The summed E-state index contributed by atoms with van der Waals surface area (Å²) in [5, 5.41) is 7.23. The smallest absolute Gasteiger partial charge is 0.269 e. The molecule has 0 atom stereocenters. The molecule has 0 saturated carbocycles. The highest BCUT2D eigenvalue weighted by atomic mass is 19.2. The molecule has 0 bridgehead atoms. The molecule has 2 amide bonds. The molecule has 5 rings (SSSR count). The monoisotopic (exact) mass is 459 g/mol. The maximum Gasteiger partial charge on any atom is 0.269 e. The molecule has 170 valence electrons. The van der Waals surface area contributed by atoms with Gasteiger partial charge in [0.25, 0.3) is 11.8 Å². The van der Waals surface area contributed by atoms with Crippen LogP contribution in [-0.2, 0) is 12.8 Å². The molecule has 0 spiro atoms. The van der Waals surface area contributed by atoms with Crippen molar-refractivity contribution >= 4 is 17.5 Å². The Morgan fingerprint density at radius 1 is 1.06 bits per heavy atom. The third kappa shape index (κ3) is 3.61. The van der Waals surface area contributed by atoms with Crippen LogP contribution in [0.2, 0.25) is 0 Å². The van der Waals surface area contributed by atoms with E-state index in [0.717, 1.165) is 28.8 Å². The predicted octanol–water partition coefficient (Wildman–Crippen LogP) is 3.97. The Balaban J connectivity index is 1.62. The van der Waals surface area contributed by atoms with Gasteiger partial charge in [-0.15, -0.1) is 0 Å². The molecule has 0 fully saturated rings. The Labute approximate surface area is 193 Å². The zero-order chi connectivity index (χ0) is 24.0. The standard InChI is InChI=1S/C25H19F2N5O2/c1-13-12-29-9-8-17(13)25(34)30-15-4-2-14-3-6-18-22(24(28)33)31-32(23(18)19(14)10-15)16-5-7-20(26)21(27)11-16/h2,4-5,7-12H,3,6H2,1H3,(H2,28,33)(H,30,34). The van der Waals surface area contributed by atoms with Gasteiger partial charge in [0.1, 0.15) is 0 Å². The lowest BCUT2D eigenvalue weighted by Crippen LogP contribution is -2.16. The number of pyridine rings is 1. The summed E-state index contributed by atoms with van der Waals surface area (Å²) in [6, 6.07) is 10.5. The molecule has 0 saturated heterocycles. The van der Waals surface area contributed by atoms with Crippen LogP contribution in [0.5, 0.6) is 0 Å². The van der Waals surface area contributed by atoms with Gasteiger partial charge in [-0.2, -0.15) is 5.10 Å². The summed E-state index contributed by atoms with van der Waals surface area (Å²) < 4.78 is 28.9. The number of nitrogens with zero attached hydrogens (tertiary/aromatic N) is 3. The van der Waals surface area contributed by atoms with Crippen molar-refractivity contribution < 1.29 is 18.4 Å². The average Bonchev–Trinajstić information content (AvgIpc) is 3.22. The molecular weight excluding hydrogens is 440 g/mol. The lowest BCUT2D eigenvalue weighted by Gasteiger charge is -2.20. The summed E-state index contributed by atoms with van der Waals surface area (Å²) in [6.07, 6.45) is 4.29. The van der Waals surface area contributed by atoms with E-state index in [2.05, 4.69) is 15.4 Å². The number of benzene rings is 2. The number of aromatic nitrogens is 3. The van der Waals surface area contributed by atoms with Gasteiger partial charge in [0.05, 0.1) is 11.4 Å². The second kappa shape index (κ2) is 8.18. The van der Waals surface area contributed by atoms with Crippen molar-refractivity contribution in [3.05, 3.63) is 94.4 Å². The summed E-state index contributed by atoms with van der Waals surface area (Å²) >= 11 is 0. The van der Waals surface area contributed by atoms with Crippen LogP contribution in [-0.4, -0.2) is 26.6 Å². The van der Waals surface area contributed by atoms with E-state index in [4.69, 9.17) is 5.73 Å². The van der Waals surface area contributed by atoms with Gasteiger partial charge < -0.3 is 11.1 Å². The molecule has 1 aliphatic rings. The Hall–Kier alpha value is -4.40. The van der Waals surface area contributed by atoms with E-state index in [-0.39, 0.29) is 17.3 Å². The molecular formula is C25H19F2N5O2. The number of anilines is 1. The van der Waals surface area contributed by atoms with Gasteiger partial charge >= 0.3 is 0 Å². The summed E-state index contributed by atoms with van der Waals surface area (Å²) in [6.45, 7) is 1.80. The highest BCUT2D eigenvalue weighted by Gasteiger charge is 2.28. The van der Waals surface area contributed by atoms with E-state index in [1.807, 2.05) is 6.07 Å². The van der Waals surface area contributed by atoms with Crippen molar-refractivity contribution in [2.45, 2.75) is 19.8 Å². The maximum atomic E-state index is 14.0. The number of hydrogen-bond donors (Lipinski definition) is 2. The zero-order valence-corrected chi connectivity index (χ0v) is 18.1. The Bertz CT molecular complexity index is 1480. The fourth-order valence-electron chi connectivity index (χ4n) is 4.24. The van der Waals surface area contributed by atoms with Crippen LogP contribution in [0.15, 0.2) is 54.9 Å². The number of fused-ring (bicyclic) bond motifs is 3. The topological polar surface area (TPSA) is 103 Å². The highest BCUT2D eigenvalue weighted by Crippen LogP contribution is 2.38. The van der Waals surface area contributed by atoms with Crippen molar-refractivity contribution in [2.24, 2.45) is 5.73 Å². The van der Waals surface area contributed by atoms with E-state index < -0.39 is 17.5 Å². The third-order valence-corrected chi connectivity index (χ3v) is 5.90. The van der Waals surface area contributed by atoms with Gasteiger partial charge in [0, 0.05) is 40.8 Å². The van der Waals surface area contributed by atoms with Gasteiger partial charge in [-0.05, 0) is 61.2 Å². The third-order valence-electron chi connectivity index (χ3n) is 5.90. The van der Waals surface area contributed by atoms with Crippen LogP contribution < -0.4 is 11.1 Å². The van der Waals surface area contributed by atoms with Gasteiger partial charge in [-0.25, -0.2) is 13.5 Å². The Morgan fingerprint density at radius 3 is 2.62 bits per heavy atom. The number of hydrogen-bond acceptors (Lipinski definition) is 4. The van der Waals surface area contributed by atoms with Gasteiger partial charge in [0.2, 0.25) is 0 Å². The summed E-state index contributed by atoms with van der Waals surface area (Å²) in [7, 11) is 0. The number of primary amides is 1. The Morgan fingerprint density at radius 2 is 1.88 bits per heavy atom. The fraction of sp³-hybridized carbons (Fsp3) is 0.120. The predicted molar refractivity (Wildman–Crippen MR) is 122 cm³/mol. The van der Waals surface area contributed by atoms with Crippen molar-refractivity contribution in [3.8, 4) is 16.9 Å². The molecule has 2 aromatic carbocycles. The van der Waals surface area contributed by atoms with Crippen molar-refractivity contribution in [3.63, 3.8) is 0 Å². The number of amides is 2. The summed E-state index contributed by atoms with van der Waals surface area (Å²) in [5.74, 6) is -3.02. The van der Waals surface area contributed by atoms with E-state index in [0.29, 0.717) is 35.3 Å². The van der Waals surface area contributed by atoms with E-state index in [9.17, 15) is 18.4 Å². The number of aryl methyl sites for hydroxylation is 2. The van der Waals surface area contributed by atoms with Crippen LogP contribution in [0, 0.1) is 18.6 Å². The lowest BCUT2D eigenvalue weighted by molar-refractivity contribution is 0.0992. The molecule has 9 heteroatoms. The normalized spacial score (nSPS) is 12.1.